The van der Waals surface area contributed by atoms with Crippen LogP contribution >= 0.6 is 0 Å². The molecule has 2 aromatic heterocycles. The fraction of sp³-hybridized carbons (Fsp3) is 0.194. The lowest BCUT2D eigenvalue weighted by atomic mass is 10.0. The van der Waals surface area contributed by atoms with Gasteiger partial charge in [-0.2, -0.15) is 5.10 Å². The van der Waals surface area contributed by atoms with Crippen LogP contribution in [0.25, 0.3) is 22.2 Å². The third kappa shape index (κ3) is 4.83. The Morgan fingerprint density at radius 2 is 1.54 bits per heavy atom. The largest absolute Gasteiger partial charge is 0.291 e. The maximum Gasteiger partial charge on any atom is 0.266 e. The first-order chi connectivity index (χ1) is 18.1. The van der Waals surface area contributed by atoms with Crippen LogP contribution in [0.5, 0.6) is 0 Å². The molecule has 0 atom stereocenters. The van der Waals surface area contributed by atoms with E-state index in [0.717, 1.165) is 16.8 Å². The molecule has 0 amide bonds. The molecule has 0 saturated carbocycles. The number of benzene rings is 3. The van der Waals surface area contributed by atoms with E-state index in [1.165, 1.54) is 11.1 Å². The summed E-state index contributed by atoms with van der Waals surface area (Å²) in [7, 11) is 1.78. The van der Waals surface area contributed by atoms with Crippen LogP contribution in [0.3, 0.4) is 0 Å². The van der Waals surface area contributed by atoms with E-state index in [9.17, 15) is 4.79 Å². The van der Waals surface area contributed by atoms with Gasteiger partial charge in [-0.15, -0.1) is 6.58 Å². The second-order valence-corrected chi connectivity index (χ2v) is 9.07. The summed E-state index contributed by atoms with van der Waals surface area (Å²) in [6.45, 7) is 7.53. The normalized spacial score (nSPS) is 11.8. The summed E-state index contributed by atoms with van der Waals surface area (Å²) in [5, 5.41) is 5.64. The average molecular weight is 490 g/mol. The fourth-order valence-corrected chi connectivity index (χ4v) is 4.76. The summed E-state index contributed by atoms with van der Waals surface area (Å²) in [5.41, 5.74) is 6.66. The Bertz CT molecular complexity index is 1660. The monoisotopic (exact) mass is 489 g/mol. The Labute approximate surface area is 216 Å². The molecule has 0 aliphatic carbocycles. The molecule has 6 heteroatoms. The second-order valence-electron chi connectivity index (χ2n) is 9.07. The highest BCUT2D eigenvalue weighted by atomic mass is 16.1. The van der Waals surface area contributed by atoms with Gasteiger partial charge in [0.05, 0.1) is 12.2 Å². The number of allylic oxidation sites excluding steroid dienone is 1. The molecule has 0 radical (unpaired) electrons. The number of nitrogens with zero attached hydrogens (tertiary/aromatic N) is 5. The third-order valence-electron chi connectivity index (χ3n) is 6.57. The summed E-state index contributed by atoms with van der Waals surface area (Å²) in [5.74, 6) is 0. The molecular weight excluding hydrogens is 458 g/mol. The highest BCUT2D eigenvalue weighted by molar-refractivity contribution is 5.78. The molecule has 0 saturated heterocycles. The van der Waals surface area contributed by atoms with Crippen LogP contribution < -0.4 is 11.2 Å². The lowest BCUT2D eigenvalue weighted by Gasteiger charge is -2.10. The molecule has 5 rings (SSSR count). The molecule has 37 heavy (non-hydrogen) atoms. The van der Waals surface area contributed by atoms with Gasteiger partial charge in [0.25, 0.3) is 5.56 Å². The summed E-state index contributed by atoms with van der Waals surface area (Å²) >= 11 is 0. The topological polar surface area (TPSA) is 57.1 Å². The molecule has 5 aromatic rings. The first-order valence-electron chi connectivity index (χ1n) is 12.6. The van der Waals surface area contributed by atoms with Crippen molar-refractivity contribution in [2.45, 2.75) is 26.4 Å². The van der Waals surface area contributed by atoms with E-state index >= 15 is 0 Å². The molecular formula is C31H31N5O. The van der Waals surface area contributed by atoms with Gasteiger partial charge in [-0.1, -0.05) is 91.0 Å². The number of hydrogen-bond acceptors (Lipinski definition) is 3. The van der Waals surface area contributed by atoms with Crippen LogP contribution in [-0.2, 0) is 26.6 Å². The van der Waals surface area contributed by atoms with Gasteiger partial charge in [0.15, 0.2) is 5.65 Å². The van der Waals surface area contributed by atoms with Crippen molar-refractivity contribution in [1.29, 1.82) is 0 Å². The van der Waals surface area contributed by atoms with Crippen molar-refractivity contribution in [3.05, 3.63) is 130 Å². The van der Waals surface area contributed by atoms with Crippen LogP contribution in [0.15, 0.2) is 107 Å². The van der Waals surface area contributed by atoms with Crippen LogP contribution in [-0.4, -0.2) is 25.5 Å². The molecule has 0 bridgehead atoms. The molecule has 0 aliphatic heterocycles. The first-order valence-corrected chi connectivity index (χ1v) is 12.6. The smallest absolute Gasteiger partial charge is 0.266 e. The molecule has 2 heterocycles. The molecule has 0 N–H and O–H groups in total. The van der Waals surface area contributed by atoms with E-state index < -0.39 is 0 Å². The van der Waals surface area contributed by atoms with Gasteiger partial charge in [-0.05, 0) is 29.2 Å². The predicted molar refractivity (Wildman–Crippen MR) is 149 cm³/mol. The highest BCUT2D eigenvalue weighted by Crippen LogP contribution is 2.22. The molecule has 0 unspecified atom stereocenters. The molecule has 0 spiro atoms. The minimum Gasteiger partial charge on any atom is -0.291 e. The Hall–Kier alpha value is -4.45. The standard InChI is InChI=1S/C31H31N5O/c1-4-20-35-29-28(30(37)34(3)31(35)32-5-2)27(21-23-12-8-6-9-13-23)36(33-29)22-24-16-18-26(19-17-24)25-14-10-7-11-15-25/h4,6-19H,1,5,20-22H2,2-3H3. The van der Waals surface area contributed by atoms with E-state index in [1.807, 2.05) is 58.6 Å². The number of rotatable bonds is 8. The Balaban J connectivity index is 1.67. The summed E-state index contributed by atoms with van der Waals surface area (Å²) < 4.78 is 5.59. The van der Waals surface area contributed by atoms with Crippen molar-refractivity contribution in [3.8, 4) is 11.1 Å². The van der Waals surface area contributed by atoms with Crippen molar-refractivity contribution in [1.82, 2.24) is 18.9 Å². The number of hydrogen-bond donors (Lipinski definition) is 0. The zero-order valence-electron chi connectivity index (χ0n) is 21.3. The molecule has 186 valence electrons. The van der Waals surface area contributed by atoms with Crippen molar-refractivity contribution >= 4 is 11.0 Å². The second kappa shape index (κ2) is 10.7. The van der Waals surface area contributed by atoms with Gasteiger partial charge < -0.3 is 0 Å². The maximum absolute atomic E-state index is 13.7. The van der Waals surface area contributed by atoms with Gasteiger partial charge in [0.2, 0.25) is 5.62 Å². The summed E-state index contributed by atoms with van der Waals surface area (Å²) in [6.07, 6.45) is 2.42. The van der Waals surface area contributed by atoms with Gasteiger partial charge in [-0.3, -0.25) is 23.6 Å². The quantitative estimate of drug-likeness (QED) is 0.290. The number of fused-ring (bicyclic) bond motifs is 1. The SMILES string of the molecule is C=CCn1c(=NCC)n(C)c(=O)c2c(Cc3ccccc3)n(Cc3ccc(-c4ccccc4)cc3)nc21. The van der Waals surface area contributed by atoms with Crippen molar-refractivity contribution in [3.63, 3.8) is 0 Å². The van der Waals surface area contributed by atoms with Gasteiger partial charge in [0.1, 0.15) is 5.39 Å². The summed E-state index contributed by atoms with van der Waals surface area (Å²) in [6, 6.07) is 29.1. The van der Waals surface area contributed by atoms with Gasteiger partial charge in [-0.25, -0.2) is 0 Å². The minimum absolute atomic E-state index is 0.0841. The maximum atomic E-state index is 13.7. The first kappa shape index (κ1) is 24.3. The minimum atomic E-state index is -0.0841. The van der Waals surface area contributed by atoms with Crippen LogP contribution in [0.1, 0.15) is 23.7 Å². The van der Waals surface area contributed by atoms with Crippen molar-refractivity contribution in [2.75, 3.05) is 6.54 Å². The zero-order valence-corrected chi connectivity index (χ0v) is 21.3. The van der Waals surface area contributed by atoms with Crippen LogP contribution in [0.4, 0.5) is 0 Å². The fourth-order valence-electron chi connectivity index (χ4n) is 4.76. The van der Waals surface area contributed by atoms with Crippen molar-refractivity contribution < 1.29 is 0 Å². The molecule has 0 fully saturated rings. The van der Waals surface area contributed by atoms with E-state index in [0.29, 0.717) is 42.7 Å². The molecule has 0 aliphatic rings. The number of aromatic nitrogens is 4. The Morgan fingerprint density at radius 1 is 0.892 bits per heavy atom. The lowest BCUT2D eigenvalue weighted by molar-refractivity contribution is 0.627. The van der Waals surface area contributed by atoms with E-state index in [4.69, 9.17) is 5.10 Å². The third-order valence-corrected chi connectivity index (χ3v) is 6.57. The van der Waals surface area contributed by atoms with E-state index in [2.05, 4.69) is 60.1 Å². The Morgan fingerprint density at radius 3 is 2.19 bits per heavy atom. The van der Waals surface area contributed by atoms with E-state index in [-0.39, 0.29) is 5.56 Å². The van der Waals surface area contributed by atoms with E-state index in [1.54, 1.807) is 11.6 Å². The van der Waals surface area contributed by atoms with Gasteiger partial charge in [0, 0.05) is 26.6 Å². The van der Waals surface area contributed by atoms with Crippen LogP contribution in [0.2, 0.25) is 0 Å². The molecule has 6 nitrogen and oxygen atoms in total. The lowest BCUT2D eigenvalue weighted by Crippen LogP contribution is -2.39. The highest BCUT2D eigenvalue weighted by Gasteiger charge is 2.20. The van der Waals surface area contributed by atoms with Gasteiger partial charge >= 0.3 is 0 Å². The zero-order chi connectivity index (χ0) is 25.8. The average Bonchev–Trinajstić information content (AvgIpc) is 3.28. The summed E-state index contributed by atoms with van der Waals surface area (Å²) in [4.78, 5) is 18.3. The van der Waals surface area contributed by atoms with Crippen molar-refractivity contribution in [2.24, 2.45) is 12.0 Å². The van der Waals surface area contributed by atoms with Crippen LogP contribution in [0, 0.1) is 0 Å². The predicted octanol–water partition coefficient (Wildman–Crippen LogP) is 4.95. The Kier molecular flexibility index (Phi) is 6.99. The molecule has 3 aromatic carbocycles.